The van der Waals surface area contributed by atoms with Gasteiger partial charge in [-0.3, -0.25) is 18.7 Å². The molecule has 57 heavy (non-hydrogen) atoms. The number of benzene rings is 2. The molecule has 7 rings (SSSR count). The van der Waals surface area contributed by atoms with Crippen LogP contribution in [0.15, 0.2) is 34.3 Å². The average Bonchev–Trinajstić information content (AvgIpc) is 3.59. The molecule has 2 N–H and O–H groups in total. The molecule has 2 unspecified atom stereocenters. The van der Waals surface area contributed by atoms with Gasteiger partial charge in [0, 0.05) is 30.0 Å². The third kappa shape index (κ3) is 7.56. The fraction of sp³-hybridized carbons (Fsp3) is 0.512. The van der Waals surface area contributed by atoms with Crippen molar-refractivity contribution in [1.29, 1.82) is 0 Å². The van der Waals surface area contributed by atoms with Gasteiger partial charge in [-0.1, -0.05) is 47.6 Å². The number of unbranched alkanes of at least 4 members (excludes halogenated alkanes) is 2. The third-order valence-electron chi connectivity index (χ3n) is 11.7. The summed E-state index contributed by atoms with van der Waals surface area (Å²) < 4.78 is 86.5. The number of aryl methyl sites for hydroxylation is 2. The first-order valence-corrected chi connectivity index (χ1v) is 22.2. The van der Waals surface area contributed by atoms with Gasteiger partial charge >= 0.3 is 5.97 Å². The van der Waals surface area contributed by atoms with E-state index in [1.807, 2.05) is 88.3 Å². The van der Waals surface area contributed by atoms with Crippen LogP contribution in [-0.4, -0.2) is 53.4 Å². The van der Waals surface area contributed by atoms with Crippen LogP contribution >= 0.6 is 0 Å². The van der Waals surface area contributed by atoms with Gasteiger partial charge in [0.2, 0.25) is 0 Å². The molecule has 0 radical (unpaired) electrons. The summed E-state index contributed by atoms with van der Waals surface area (Å²) in [5.41, 5.74) is 1.91. The number of imide groups is 1. The molecule has 2 aliphatic carbocycles. The van der Waals surface area contributed by atoms with Crippen molar-refractivity contribution in [2.75, 3.05) is 0 Å². The molecule has 306 valence electrons. The van der Waals surface area contributed by atoms with E-state index in [-0.39, 0.29) is 48.0 Å². The van der Waals surface area contributed by atoms with Gasteiger partial charge in [0.1, 0.15) is 22.2 Å². The highest BCUT2D eigenvalue weighted by molar-refractivity contribution is 7.86. The first-order valence-electron chi connectivity index (χ1n) is 19.4. The molecule has 1 aromatic heterocycles. The topological polar surface area (TPSA) is 190 Å². The van der Waals surface area contributed by atoms with E-state index in [1.165, 1.54) is 0 Å². The van der Waals surface area contributed by atoms with Gasteiger partial charge in [-0.2, -0.15) is 16.8 Å². The molecule has 2 aromatic carbocycles. The van der Waals surface area contributed by atoms with Gasteiger partial charge in [0.25, 0.3) is 37.9 Å². The summed E-state index contributed by atoms with van der Waals surface area (Å²) in [4.78, 5) is 40.3. The molecule has 2 amide bonds. The number of nitrogens with zero attached hydrogens (tertiary/aromatic N) is 3. The zero-order valence-corrected chi connectivity index (χ0v) is 35.0. The van der Waals surface area contributed by atoms with Crippen molar-refractivity contribution >= 4 is 49.7 Å². The van der Waals surface area contributed by atoms with Crippen molar-refractivity contribution in [3.05, 3.63) is 63.0 Å². The summed E-state index contributed by atoms with van der Waals surface area (Å²) in [7, 11) is -8.12. The molecular formula is C41H50N3O11S2+. The lowest BCUT2D eigenvalue weighted by atomic mass is 9.69. The average molecular weight is 825 g/mol. The Hall–Kier alpha value is -4.38. The van der Waals surface area contributed by atoms with E-state index in [2.05, 4.69) is 0 Å². The number of hydrogen-bond acceptors (Lipinski definition) is 9. The van der Waals surface area contributed by atoms with E-state index in [9.17, 15) is 40.3 Å². The van der Waals surface area contributed by atoms with E-state index in [0.717, 1.165) is 12.0 Å². The molecule has 4 aliphatic rings. The predicted octanol–water partition coefficient (Wildman–Crippen LogP) is 4.72. The number of hydroxylamine groups is 2. The second kappa shape index (κ2) is 14.2. The molecule has 2 atom stereocenters. The number of aromatic nitrogens is 2. The minimum absolute atomic E-state index is 0.00707. The Balaban J connectivity index is 1.41. The van der Waals surface area contributed by atoms with Crippen LogP contribution in [0.25, 0.3) is 11.6 Å². The van der Waals surface area contributed by atoms with Gasteiger partial charge in [-0.05, 0) is 95.2 Å². The van der Waals surface area contributed by atoms with Gasteiger partial charge in [0.05, 0.1) is 19.2 Å². The quantitative estimate of drug-likeness (QED) is 0.0975. The molecule has 1 fully saturated rings. The third-order valence-corrected chi connectivity index (χ3v) is 13.5. The lowest BCUT2D eigenvalue weighted by Gasteiger charge is -2.38. The van der Waals surface area contributed by atoms with Gasteiger partial charge in [-0.25, -0.2) is 13.9 Å². The summed E-state index contributed by atoms with van der Waals surface area (Å²) >= 11 is 0. The number of imidazole rings is 1. The van der Waals surface area contributed by atoms with Crippen LogP contribution < -0.4 is 19.7 Å². The minimum atomic E-state index is -4.98. The van der Waals surface area contributed by atoms with Crippen LogP contribution in [0.1, 0.15) is 133 Å². The monoisotopic (exact) mass is 824 g/mol. The Morgan fingerprint density at radius 2 is 1.56 bits per heavy atom. The van der Waals surface area contributed by atoms with Crippen LogP contribution in [0.5, 0.6) is 11.5 Å². The second-order valence-electron chi connectivity index (χ2n) is 17.6. The van der Waals surface area contributed by atoms with Crippen molar-refractivity contribution < 1.29 is 54.5 Å². The van der Waals surface area contributed by atoms with Crippen LogP contribution in [0, 0.1) is 10.8 Å². The Morgan fingerprint density at radius 1 is 0.912 bits per heavy atom. The molecule has 14 nitrogen and oxygen atoms in total. The van der Waals surface area contributed by atoms with Crippen LogP contribution in [0.2, 0.25) is 0 Å². The zero-order chi connectivity index (χ0) is 41.6. The van der Waals surface area contributed by atoms with Crippen LogP contribution in [-0.2, 0) is 59.5 Å². The fourth-order valence-corrected chi connectivity index (χ4v) is 11.3. The summed E-state index contributed by atoms with van der Waals surface area (Å²) in [6.07, 6.45) is 8.83. The largest absolute Gasteiger partial charge is 0.453 e. The fourth-order valence-electron chi connectivity index (χ4n) is 9.54. The SMILES string of the molecule is CC1CC(C)(C)Cc2c1cc1c(c2S(=O)(=O)O)Oc2c(S(=O)(=O)O)c3c(cc2=C1c1n(CCCCCC(=O)ON2C(=O)CCC2=O)cc[n+]1C)C(C)CC(C)(C)C=3. The molecule has 3 heterocycles. The van der Waals surface area contributed by atoms with E-state index in [0.29, 0.717) is 82.2 Å². The molecule has 2 aliphatic heterocycles. The number of carbonyl (C=O) groups is 3. The Morgan fingerprint density at radius 3 is 2.21 bits per heavy atom. The molecular weight excluding hydrogens is 775 g/mol. The molecule has 1 saturated heterocycles. The summed E-state index contributed by atoms with van der Waals surface area (Å²) in [5.74, 6) is -1.84. The lowest BCUT2D eigenvalue weighted by Crippen LogP contribution is -2.38. The van der Waals surface area contributed by atoms with Gasteiger partial charge < -0.3 is 9.57 Å². The van der Waals surface area contributed by atoms with Crippen molar-refractivity contribution in [2.24, 2.45) is 17.9 Å². The number of ether oxygens (including phenoxy) is 1. The molecule has 0 spiro atoms. The standard InChI is InChI=1S/C41H49N3O11S2/c1-23-19-40(3,4)21-29-25(23)17-27-34(39-42(7)15-16-43(39)14-10-8-9-11-33(47)55-44-31(45)12-13-32(44)46)28-18-26-24(2)20-41(5,6)22-30(26)38(57(51,52)53)36(28)54-35(27)37(29)56(48,49)50/h15-18,21,23-24H,8-14,19-20,22H2,1-7H3,(H-,48,49,50,51,52,53)/p+1. The van der Waals surface area contributed by atoms with Crippen LogP contribution in [0.3, 0.4) is 0 Å². The van der Waals surface area contributed by atoms with Crippen molar-refractivity contribution in [3.63, 3.8) is 0 Å². The second-order valence-corrected chi connectivity index (χ2v) is 20.3. The first-order chi connectivity index (χ1) is 26.5. The number of rotatable bonds is 10. The Kier molecular flexibility index (Phi) is 10.1. The minimum Gasteiger partial charge on any atom is -0.453 e. The van der Waals surface area contributed by atoms with E-state index < -0.39 is 53.2 Å². The van der Waals surface area contributed by atoms with E-state index >= 15 is 0 Å². The highest BCUT2D eigenvalue weighted by atomic mass is 32.2. The van der Waals surface area contributed by atoms with Gasteiger partial charge in [-0.15, -0.1) is 5.06 Å². The normalized spacial score (nSPS) is 20.9. The maximum absolute atomic E-state index is 13.6. The van der Waals surface area contributed by atoms with E-state index in [4.69, 9.17) is 9.57 Å². The summed E-state index contributed by atoms with van der Waals surface area (Å²) in [5, 5.41) is 1.18. The molecule has 16 heteroatoms. The maximum atomic E-state index is 13.6. The predicted molar refractivity (Wildman–Crippen MR) is 206 cm³/mol. The van der Waals surface area contributed by atoms with Crippen molar-refractivity contribution in [1.82, 2.24) is 9.63 Å². The Labute approximate surface area is 332 Å². The number of carbonyl (C=O) groups excluding carboxylic acids is 3. The Bertz CT molecular complexity index is 2590. The number of amides is 2. The van der Waals surface area contributed by atoms with Crippen molar-refractivity contribution in [3.8, 4) is 11.5 Å². The lowest BCUT2D eigenvalue weighted by molar-refractivity contribution is -0.673. The van der Waals surface area contributed by atoms with Crippen molar-refractivity contribution in [2.45, 2.75) is 128 Å². The van der Waals surface area contributed by atoms with E-state index in [1.54, 1.807) is 0 Å². The summed E-state index contributed by atoms with van der Waals surface area (Å²) in [6, 6.07) is 3.79. The maximum Gasteiger partial charge on any atom is 0.333 e. The molecule has 0 bridgehead atoms. The zero-order valence-electron chi connectivity index (χ0n) is 33.3. The number of fused-ring (bicyclic) bond motifs is 4. The smallest absolute Gasteiger partial charge is 0.333 e. The molecule has 3 aromatic rings. The highest BCUT2D eigenvalue weighted by Gasteiger charge is 2.43. The summed E-state index contributed by atoms with van der Waals surface area (Å²) in [6.45, 7) is 12.5. The number of hydrogen-bond donors (Lipinski definition) is 2. The highest BCUT2D eigenvalue weighted by Crippen LogP contribution is 2.51. The van der Waals surface area contributed by atoms with Crippen LogP contribution in [0.4, 0.5) is 0 Å². The molecule has 0 saturated carbocycles. The van der Waals surface area contributed by atoms with Gasteiger partial charge in [0.15, 0.2) is 11.5 Å². The first kappa shape index (κ1) is 40.8.